The number of hydrogen-bond acceptors (Lipinski definition) is 4. The van der Waals surface area contributed by atoms with E-state index in [2.05, 4.69) is 9.97 Å². The molecule has 1 atom stereocenters. The van der Waals surface area contributed by atoms with Crippen molar-refractivity contribution in [2.75, 3.05) is 12.3 Å². The van der Waals surface area contributed by atoms with Crippen LogP contribution in [-0.4, -0.2) is 27.3 Å². The molecule has 0 saturated carbocycles. The molecule has 1 amide bonds. The molecule has 23 heavy (non-hydrogen) atoms. The molecule has 1 aliphatic heterocycles. The smallest absolute Gasteiger partial charge is 0.220 e. The molecular weight excluding hydrogens is 295 g/mol. The van der Waals surface area contributed by atoms with Crippen LogP contribution in [0, 0.1) is 5.82 Å². The zero-order valence-corrected chi connectivity index (χ0v) is 13.0. The summed E-state index contributed by atoms with van der Waals surface area (Å²) in [6.45, 7) is 2.28. The van der Waals surface area contributed by atoms with Gasteiger partial charge >= 0.3 is 0 Å². The molecule has 0 aliphatic carbocycles. The van der Waals surface area contributed by atoms with Crippen LogP contribution in [0.4, 0.5) is 10.3 Å². The Morgan fingerprint density at radius 3 is 2.74 bits per heavy atom. The van der Waals surface area contributed by atoms with E-state index in [0.717, 1.165) is 36.1 Å². The van der Waals surface area contributed by atoms with E-state index in [1.807, 2.05) is 4.90 Å². The van der Waals surface area contributed by atoms with Crippen LogP contribution < -0.4 is 5.73 Å². The number of carbonyl (C=O) groups excluding carboxylic acids is 1. The molecule has 2 aromatic rings. The maximum Gasteiger partial charge on any atom is 0.220 e. The molecule has 1 saturated heterocycles. The highest BCUT2D eigenvalue weighted by Gasteiger charge is 2.29. The normalized spacial score (nSPS) is 18.0. The van der Waals surface area contributed by atoms with Gasteiger partial charge in [-0.15, -0.1) is 0 Å². The molecule has 0 spiro atoms. The van der Waals surface area contributed by atoms with E-state index in [-0.39, 0.29) is 23.7 Å². The minimum absolute atomic E-state index is 0.0249. The fraction of sp³-hybridized carbons (Fsp3) is 0.353. The summed E-state index contributed by atoms with van der Waals surface area (Å²) >= 11 is 0. The van der Waals surface area contributed by atoms with Gasteiger partial charge in [-0.25, -0.2) is 14.4 Å². The Kier molecular flexibility index (Phi) is 4.23. The number of benzene rings is 1. The van der Waals surface area contributed by atoms with E-state index >= 15 is 0 Å². The fourth-order valence-corrected chi connectivity index (χ4v) is 3.11. The minimum Gasteiger partial charge on any atom is -0.368 e. The number of likely N-dealkylation sites (tertiary alicyclic amines) is 1. The quantitative estimate of drug-likeness (QED) is 0.925. The van der Waals surface area contributed by atoms with E-state index in [4.69, 9.17) is 5.73 Å². The number of anilines is 1. The van der Waals surface area contributed by atoms with Crippen molar-refractivity contribution in [2.45, 2.75) is 32.2 Å². The molecule has 2 heterocycles. The van der Waals surface area contributed by atoms with Gasteiger partial charge in [0.15, 0.2) is 0 Å². The summed E-state index contributed by atoms with van der Waals surface area (Å²) in [7, 11) is 0. The molecule has 0 radical (unpaired) electrons. The van der Waals surface area contributed by atoms with Gasteiger partial charge in [-0.3, -0.25) is 4.79 Å². The average molecular weight is 314 g/mol. The Hall–Kier alpha value is -2.50. The van der Waals surface area contributed by atoms with Gasteiger partial charge in [0.2, 0.25) is 11.9 Å². The van der Waals surface area contributed by atoms with Crippen LogP contribution in [0.2, 0.25) is 0 Å². The second-order valence-electron chi connectivity index (χ2n) is 5.76. The lowest BCUT2D eigenvalue weighted by Crippen LogP contribution is -2.37. The Balaban J connectivity index is 2.08. The van der Waals surface area contributed by atoms with Gasteiger partial charge in [-0.2, -0.15) is 0 Å². The molecule has 0 bridgehead atoms. The second-order valence-corrected chi connectivity index (χ2v) is 5.76. The van der Waals surface area contributed by atoms with Crippen LogP contribution in [0.25, 0.3) is 11.1 Å². The second kappa shape index (κ2) is 6.32. The van der Waals surface area contributed by atoms with Crippen molar-refractivity contribution in [1.29, 1.82) is 0 Å². The Bertz CT molecular complexity index is 717. The molecule has 5 nitrogen and oxygen atoms in total. The highest BCUT2D eigenvalue weighted by Crippen LogP contribution is 2.35. The molecule has 2 N–H and O–H groups in total. The SMILES string of the molecule is CC(=O)N1CCCCC1c1nc(N)ncc1-c1ccc(F)cc1. The number of amides is 1. The molecule has 6 heteroatoms. The summed E-state index contributed by atoms with van der Waals surface area (Å²) in [6.07, 6.45) is 4.51. The lowest BCUT2D eigenvalue weighted by Gasteiger charge is -2.35. The third-order valence-electron chi connectivity index (χ3n) is 4.22. The average Bonchev–Trinajstić information content (AvgIpc) is 2.56. The zero-order chi connectivity index (χ0) is 16.4. The topological polar surface area (TPSA) is 72.1 Å². The lowest BCUT2D eigenvalue weighted by atomic mass is 9.94. The maximum atomic E-state index is 13.2. The van der Waals surface area contributed by atoms with Crippen molar-refractivity contribution in [1.82, 2.24) is 14.9 Å². The largest absolute Gasteiger partial charge is 0.368 e. The molecule has 1 fully saturated rings. The standard InChI is InChI=1S/C17H19FN4O/c1-11(23)22-9-3-2-4-15(22)16-14(10-20-17(19)21-16)12-5-7-13(18)8-6-12/h5-8,10,15H,2-4,9H2,1H3,(H2,19,20,21). The van der Waals surface area contributed by atoms with E-state index in [9.17, 15) is 9.18 Å². The van der Waals surface area contributed by atoms with Crippen molar-refractivity contribution in [3.8, 4) is 11.1 Å². The van der Waals surface area contributed by atoms with Gasteiger partial charge in [-0.1, -0.05) is 12.1 Å². The van der Waals surface area contributed by atoms with Crippen molar-refractivity contribution in [2.24, 2.45) is 0 Å². The number of nitrogens with two attached hydrogens (primary N) is 1. The number of halogens is 1. The van der Waals surface area contributed by atoms with E-state index in [1.54, 1.807) is 25.3 Å². The first-order valence-electron chi connectivity index (χ1n) is 7.72. The first-order chi connectivity index (χ1) is 11.1. The maximum absolute atomic E-state index is 13.2. The van der Waals surface area contributed by atoms with Gasteiger partial charge in [0.05, 0.1) is 11.7 Å². The summed E-state index contributed by atoms with van der Waals surface area (Å²) < 4.78 is 13.2. The van der Waals surface area contributed by atoms with Gasteiger partial charge < -0.3 is 10.6 Å². The van der Waals surface area contributed by atoms with E-state index in [0.29, 0.717) is 6.54 Å². The number of piperidine rings is 1. The monoisotopic (exact) mass is 314 g/mol. The Labute approximate surface area is 134 Å². The van der Waals surface area contributed by atoms with Crippen molar-refractivity contribution in [3.05, 3.63) is 42.0 Å². The van der Waals surface area contributed by atoms with Crippen molar-refractivity contribution in [3.63, 3.8) is 0 Å². The van der Waals surface area contributed by atoms with E-state index in [1.165, 1.54) is 12.1 Å². The summed E-state index contributed by atoms with van der Waals surface area (Å²) in [4.78, 5) is 22.3. The third kappa shape index (κ3) is 3.16. The number of hydrogen-bond donors (Lipinski definition) is 1. The first kappa shape index (κ1) is 15.4. The highest BCUT2D eigenvalue weighted by atomic mass is 19.1. The Morgan fingerprint density at radius 2 is 2.04 bits per heavy atom. The van der Waals surface area contributed by atoms with E-state index < -0.39 is 0 Å². The first-order valence-corrected chi connectivity index (χ1v) is 7.72. The third-order valence-corrected chi connectivity index (χ3v) is 4.22. The van der Waals surface area contributed by atoms with Gasteiger partial charge in [-0.05, 0) is 37.0 Å². The molecule has 1 aromatic carbocycles. The summed E-state index contributed by atoms with van der Waals surface area (Å²) in [6, 6.07) is 6.06. The molecule has 1 aromatic heterocycles. The number of aromatic nitrogens is 2. The fourth-order valence-electron chi connectivity index (χ4n) is 3.11. The predicted molar refractivity (Wildman–Crippen MR) is 85.8 cm³/mol. The van der Waals surface area contributed by atoms with Crippen LogP contribution in [0.1, 0.15) is 37.9 Å². The number of carbonyl (C=O) groups is 1. The molecule has 120 valence electrons. The summed E-state index contributed by atoms with van der Waals surface area (Å²) in [5, 5.41) is 0. The van der Waals surface area contributed by atoms with Crippen LogP contribution in [0.5, 0.6) is 0 Å². The lowest BCUT2D eigenvalue weighted by molar-refractivity contribution is -0.132. The van der Waals surface area contributed by atoms with Crippen molar-refractivity contribution >= 4 is 11.9 Å². The number of nitrogens with zero attached hydrogens (tertiary/aromatic N) is 3. The highest BCUT2D eigenvalue weighted by molar-refractivity contribution is 5.75. The predicted octanol–water partition coefficient (Wildman–Crippen LogP) is 2.94. The number of nitrogen functional groups attached to an aromatic ring is 1. The van der Waals surface area contributed by atoms with Gasteiger partial charge in [0.1, 0.15) is 5.82 Å². The van der Waals surface area contributed by atoms with Crippen LogP contribution in [0.15, 0.2) is 30.5 Å². The summed E-state index contributed by atoms with van der Waals surface area (Å²) in [5.74, 6) is -0.0911. The molecule has 3 rings (SSSR count). The summed E-state index contributed by atoms with van der Waals surface area (Å²) in [5.41, 5.74) is 8.11. The number of rotatable bonds is 2. The minimum atomic E-state index is -0.297. The van der Waals surface area contributed by atoms with Gasteiger partial charge in [0, 0.05) is 25.2 Å². The molecular formula is C17H19FN4O. The molecule has 1 unspecified atom stereocenters. The van der Waals surface area contributed by atoms with Crippen LogP contribution >= 0.6 is 0 Å². The molecule has 1 aliphatic rings. The van der Waals surface area contributed by atoms with Crippen LogP contribution in [0.3, 0.4) is 0 Å². The Morgan fingerprint density at radius 1 is 1.30 bits per heavy atom. The zero-order valence-electron chi connectivity index (χ0n) is 13.0. The van der Waals surface area contributed by atoms with Crippen molar-refractivity contribution < 1.29 is 9.18 Å². The van der Waals surface area contributed by atoms with Gasteiger partial charge in [0.25, 0.3) is 0 Å². The van der Waals surface area contributed by atoms with Crippen LogP contribution in [-0.2, 0) is 4.79 Å².